The smallest absolute Gasteiger partial charge is 0.178 e. The molecule has 0 bridgehead atoms. The number of hydrogen-bond donors (Lipinski definition) is 0. The van der Waals surface area contributed by atoms with Crippen molar-refractivity contribution >= 4 is 9.84 Å². The predicted octanol–water partition coefficient (Wildman–Crippen LogP) is 2.90. The minimum absolute atomic E-state index is 0.0503. The van der Waals surface area contributed by atoms with Gasteiger partial charge < -0.3 is 0 Å². The predicted molar refractivity (Wildman–Crippen MR) is 65.0 cm³/mol. The van der Waals surface area contributed by atoms with Crippen molar-refractivity contribution in [2.75, 3.05) is 5.75 Å². The molecule has 2 nitrogen and oxygen atoms in total. The average molecular weight is 238 g/mol. The normalized spacial score (nSPS) is 18.7. The Kier molecular flexibility index (Phi) is 2.82. The first-order valence-electron chi connectivity index (χ1n) is 5.74. The van der Waals surface area contributed by atoms with Gasteiger partial charge in [0.05, 0.1) is 10.6 Å². The van der Waals surface area contributed by atoms with E-state index in [0.29, 0.717) is 16.6 Å². The molecule has 1 saturated carbocycles. The lowest BCUT2D eigenvalue weighted by Crippen LogP contribution is -2.22. The molecule has 0 unspecified atom stereocenters. The lowest BCUT2D eigenvalue weighted by Gasteiger charge is -2.19. The first-order valence-corrected chi connectivity index (χ1v) is 7.39. The number of hydrogen-bond acceptors (Lipinski definition) is 2. The lowest BCUT2D eigenvalue weighted by atomic mass is 9.95. The second-order valence-electron chi connectivity index (χ2n) is 5.09. The summed E-state index contributed by atoms with van der Waals surface area (Å²) in [4.78, 5) is 0.460. The maximum atomic E-state index is 12.2. The highest BCUT2D eigenvalue weighted by Gasteiger charge is 2.48. The summed E-state index contributed by atoms with van der Waals surface area (Å²) in [7, 11) is -3.10. The largest absolute Gasteiger partial charge is 0.224 e. The Bertz CT molecular complexity index is 456. The maximum Gasteiger partial charge on any atom is 0.178 e. The van der Waals surface area contributed by atoms with Gasteiger partial charge in [-0.25, -0.2) is 8.42 Å². The molecule has 16 heavy (non-hydrogen) atoms. The molecule has 3 heteroatoms. The topological polar surface area (TPSA) is 34.1 Å². The van der Waals surface area contributed by atoms with E-state index >= 15 is 0 Å². The molecule has 0 N–H and O–H groups in total. The van der Waals surface area contributed by atoms with Crippen LogP contribution in [0.5, 0.6) is 0 Å². The van der Waals surface area contributed by atoms with Crippen LogP contribution in [-0.4, -0.2) is 14.2 Å². The Labute approximate surface area is 97.6 Å². The van der Waals surface area contributed by atoms with Crippen molar-refractivity contribution in [2.45, 2.75) is 31.6 Å². The molecule has 1 aliphatic carbocycles. The van der Waals surface area contributed by atoms with E-state index in [-0.39, 0.29) is 5.41 Å². The molecule has 0 radical (unpaired) electrons. The third-order valence-electron chi connectivity index (χ3n) is 3.70. The van der Waals surface area contributed by atoms with Crippen LogP contribution in [0.2, 0.25) is 0 Å². The van der Waals surface area contributed by atoms with Crippen LogP contribution in [-0.2, 0) is 9.84 Å². The van der Waals surface area contributed by atoms with Crippen LogP contribution in [0.15, 0.2) is 35.2 Å². The lowest BCUT2D eigenvalue weighted by molar-refractivity contribution is 0.396. The Morgan fingerprint density at radius 2 is 1.75 bits per heavy atom. The minimum atomic E-state index is -3.10. The van der Waals surface area contributed by atoms with Gasteiger partial charge in [0.1, 0.15) is 0 Å². The average Bonchev–Trinajstić information content (AvgIpc) is 3.00. The van der Waals surface area contributed by atoms with E-state index < -0.39 is 9.84 Å². The van der Waals surface area contributed by atoms with E-state index in [0.717, 1.165) is 12.8 Å². The van der Waals surface area contributed by atoms with Gasteiger partial charge in [0, 0.05) is 0 Å². The zero-order valence-corrected chi connectivity index (χ0v) is 10.6. The summed E-state index contributed by atoms with van der Waals surface area (Å²) in [5.41, 5.74) is 0.0503. The van der Waals surface area contributed by atoms with Crippen LogP contribution in [0.1, 0.15) is 26.7 Å². The van der Waals surface area contributed by atoms with E-state index in [1.807, 2.05) is 6.07 Å². The second kappa shape index (κ2) is 3.88. The van der Waals surface area contributed by atoms with E-state index in [4.69, 9.17) is 0 Å². The summed E-state index contributed by atoms with van der Waals surface area (Å²) in [5.74, 6) is 0.757. The fourth-order valence-electron chi connectivity index (χ4n) is 2.14. The Balaban J connectivity index is 2.22. The van der Waals surface area contributed by atoms with Crippen LogP contribution in [0.4, 0.5) is 0 Å². The molecule has 2 rings (SSSR count). The highest BCUT2D eigenvalue weighted by Crippen LogP contribution is 2.53. The monoisotopic (exact) mass is 238 g/mol. The van der Waals surface area contributed by atoms with Crippen LogP contribution in [0.3, 0.4) is 0 Å². The van der Waals surface area contributed by atoms with Gasteiger partial charge in [0.15, 0.2) is 9.84 Å². The molecule has 1 aromatic rings. The number of sulfone groups is 1. The second-order valence-corrected chi connectivity index (χ2v) is 7.08. The minimum Gasteiger partial charge on any atom is -0.224 e. The third kappa shape index (κ3) is 2.14. The Hall–Kier alpha value is -0.830. The summed E-state index contributed by atoms with van der Waals surface area (Å²) >= 11 is 0. The molecule has 0 atom stereocenters. The van der Waals surface area contributed by atoms with Gasteiger partial charge >= 0.3 is 0 Å². The summed E-state index contributed by atoms with van der Waals surface area (Å²) in [6, 6.07) is 8.77. The van der Waals surface area contributed by atoms with Crippen LogP contribution in [0, 0.1) is 11.3 Å². The zero-order chi connectivity index (χ0) is 11.8. The molecule has 0 saturated heterocycles. The van der Waals surface area contributed by atoms with E-state index in [1.54, 1.807) is 24.3 Å². The van der Waals surface area contributed by atoms with Crippen LogP contribution in [0.25, 0.3) is 0 Å². The number of benzene rings is 1. The van der Waals surface area contributed by atoms with Gasteiger partial charge in [-0.15, -0.1) is 0 Å². The quantitative estimate of drug-likeness (QED) is 0.808. The summed E-state index contributed by atoms with van der Waals surface area (Å²) in [6.07, 6.45) is 2.10. The molecule has 1 aromatic carbocycles. The summed E-state index contributed by atoms with van der Waals surface area (Å²) in [6.45, 7) is 4.24. The van der Waals surface area contributed by atoms with Crippen molar-refractivity contribution < 1.29 is 8.42 Å². The summed E-state index contributed by atoms with van der Waals surface area (Å²) in [5, 5.41) is 0. The van der Waals surface area contributed by atoms with Crippen molar-refractivity contribution in [1.29, 1.82) is 0 Å². The highest BCUT2D eigenvalue weighted by molar-refractivity contribution is 7.91. The molecular formula is C13H18O2S. The van der Waals surface area contributed by atoms with Crippen molar-refractivity contribution in [1.82, 2.24) is 0 Å². The SMILES string of the molecule is CC(C)C1(CS(=O)(=O)c2ccccc2)CC1. The molecule has 1 aliphatic rings. The van der Waals surface area contributed by atoms with Gasteiger partial charge in [-0.3, -0.25) is 0 Å². The van der Waals surface area contributed by atoms with Gasteiger partial charge in [-0.05, 0) is 36.3 Å². The zero-order valence-electron chi connectivity index (χ0n) is 9.81. The molecule has 0 amide bonds. The molecule has 0 spiro atoms. The summed E-state index contributed by atoms with van der Waals surface area (Å²) < 4.78 is 24.4. The van der Waals surface area contributed by atoms with Gasteiger partial charge in [0.2, 0.25) is 0 Å². The molecule has 0 heterocycles. The molecule has 0 aromatic heterocycles. The van der Waals surface area contributed by atoms with E-state index in [1.165, 1.54) is 0 Å². The first-order chi connectivity index (χ1) is 7.46. The standard InChI is InChI=1S/C13H18O2S/c1-11(2)13(8-9-13)10-16(14,15)12-6-4-3-5-7-12/h3-7,11H,8-10H2,1-2H3. The molecule has 88 valence electrons. The van der Waals surface area contributed by atoms with E-state index in [2.05, 4.69) is 13.8 Å². The van der Waals surface area contributed by atoms with Crippen LogP contribution >= 0.6 is 0 Å². The van der Waals surface area contributed by atoms with Gasteiger partial charge in [0.25, 0.3) is 0 Å². The maximum absolute atomic E-state index is 12.2. The van der Waals surface area contributed by atoms with Crippen molar-refractivity contribution in [3.05, 3.63) is 30.3 Å². The molecular weight excluding hydrogens is 220 g/mol. The highest BCUT2D eigenvalue weighted by atomic mass is 32.2. The fourth-order valence-corrected chi connectivity index (χ4v) is 4.26. The van der Waals surface area contributed by atoms with Crippen molar-refractivity contribution in [3.63, 3.8) is 0 Å². The van der Waals surface area contributed by atoms with Crippen molar-refractivity contribution in [2.24, 2.45) is 11.3 Å². The van der Waals surface area contributed by atoms with Crippen molar-refractivity contribution in [3.8, 4) is 0 Å². The van der Waals surface area contributed by atoms with E-state index in [9.17, 15) is 8.42 Å². The van der Waals surface area contributed by atoms with Crippen LogP contribution < -0.4 is 0 Å². The first kappa shape index (κ1) is 11.6. The van der Waals surface area contributed by atoms with Gasteiger partial charge in [-0.2, -0.15) is 0 Å². The van der Waals surface area contributed by atoms with Gasteiger partial charge in [-0.1, -0.05) is 32.0 Å². The third-order valence-corrected chi connectivity index (χ3v) is 5.64. The molecule has 1 fully saturated rings. The number of rotatable bonds is 4. The Morgan fingerprint density at radius 3 is 2.19 bits per heavy atom. The Morgan fingerprint density at radius 1 is 1.19 bits per heavy atom. The molecule has 0 aliphatic heterocycles. The fraction of sp³-hybridized carbons (Fsp3) is 0.538.